The zero-order valence-corrected chi connectivity index (χ0v) is 12.0. The Hall–Kier alpha value is -1.88. The third-order valence-electron chi connectivity index (χ3n) is 3.51. The molecule has 1 aliphatic heterocycles. The lowest BCUT2D eigenvalue weighted by atomic mass is 10.2. The maximum Gasteiger partial charge on any atom is 0.227 e. The Kier molecular flexibility index (Phi) is 3.69. The Morgan fingerprint density at radius 3 is 2.90 bits per heavy atom. The minimum Gasteiger partial charge on any atom is -0.376 e. The van der Waals surface area contributed by atoms with E-state index in [0.717, 1.165) is 48.7 Å². The van der Waals surface area contributed by atoms with E-state index in [1.165, 1.54) is 0 Å². The maximum atomic E-state index is 5.65. The van der Waals surface area contributed by atoms with Crippen LogP contribution in [-0.2, 0) is 4.74 Å². The molecule has 1 aromatic carbocycles. The van der Waals surface area contributed by atoms with Crippen molar-refractivity contribution in [3.05, 3.63) is 24.3 Å². The quantitative estimate of drug-likeness (QED) is 0.925. The minimum atomic E-state index is 0.298. The van der Waals surface area contributed by atoms with Gasteiger partial charge < -0.3 is 15.0 Å². The molecule has 0 amide bonds. The number of ether oxygens (including phenoxy) is 1. The number of nitrogens with zero attached hydrogens (tertiary/aromatic N) is 3. The fourth-order valence-electron chi connectivity index (χ4n) is 2.41. The standard InChI is InChI=1S/C15H20N4O/c1-19(2)15-17-13-8-4-3-7-12(13)14(18-15)16-10-11-6-5-9-20-11/h3-4,7-8,11H,5-6,9-10H2,1-2H3,(H,16,17,18)/t11-/m0/s1. The van der Waals surface area contributed by atoms with Crippen LogP contribution >= 0.6 is 0 Å². The highest BCUT2D eigenvalue weighted by atomic mass is 16.5. The molecule has 0 radical (unpaired) electrons. The Balaban J connectivity index is 1.90. The molecule has 1 atom stereocenters. The van der Waals surface area contributed by atoms with Crippen molar-refractivity contribution >= 4 is 22.7 Å². The number of rotatable bonds is 4. The molecule has 0 aliphatic carbocycles. The molecule has 0 unspecified atom stereocenters. The highest BCUT2D eigenvalue weighted by Gasteiger charge is 2.16. The van der Waals surface area contributed by atoms with Crippen molar-refractivity contribution in [2.24, 2.45) is 0 Å². The van der Waals surface area contributed by atoms with Gasteiger partial charge in [-0.25, -0.2) is 4.98 Å². The first kappa shape index (κ1) is 13.1. The number of hydrogen-bond donors (Lipinski definition) is 1. The van der Waals surface area contributed by atoms with Crippen LogP contribution in [-0.4, -0.2) is 43.3 Å². The molecule has 1 saturated heterocycles. The topological polar surface area (TPSA) is 50.3 Å². The monoisotopic (exact) mass is 272 g/mol. The highest BCUT2D eigenvalue weighted by Crippen LogP contribution is 2.23. The van der Waals surface area contributed by atoms with Crippen molar-refractivity contribution in [1.82, 2.24) is 9.97 Å². The SMILES string of the molecule is CN(C)c1nc(NC[C@@H]2CCCO2)c2ccccc2n1. The fourth-order valence-corrected chi connectivity index (χ4v) is 2.41. The number of hydrogen-bond acceptors (Lipinski definition) is 5. The van der Waals surface area contributed by atoms with Crippen molar-refractivity contribution in [3.8, 4) is 0 Å². The lowest BCUT2D eigenvalue weighted by molar-refractivity contribution is 0.120. The van der Waals surface area contributed by atoms with E-state index < -0.39 is 0 Å². The summed E-state index contributed by atoms with van der Waals surface area (Å²) in [6, 6.07) is 8.07. The third-order valence-corrected chi connectivity index (χ3v) is 3.51. The molecule has 1 aliphatic rings. The summed E-state index contributed by atoms with van der Waals surface area (Å²) in [7, 11) is 3.90. The zero-order chi connectivity index (χ0) is 13.9. The number of para-hydroxylation sites is 1. The summed E-state index contributed by atoms with van der Waals surface area (Å²) in [6.45, 7) is 1.67. The lowest BCUT2D eigenvalue weighted by Crippen LogP contribution is -2.20. The molecule has 2 heterocycles. The molecule has 0 spiro atoms. The predicted octanol–water partition coefficient (Wildman–Crippen LogP) is 2.29. The number of anilines is 2. The van der Waals surface area contributed by atoms with Crippen LogP contribution in [0.15, 0.2) is 24.3 Å². The number of nitrogens with one attached hydrogen (secondary N) is 1. The van der Waals surface area contributed by atoms with Gasteiger partial charge in [0.2, 0.25) is 5.95 Å². The van der Waals surface area contributed by atoms with Gasteiger partial charge >= 0.3 is 0 Å². The van der Waals surface area contributed by atoms with Crippen molar-refractivity contribution < 1.29 is 4.74 Å². The van der Waals surface area contributed by atoms with Crippen molar-refractivity contribution in [2.75, 3.05) is 37.5 Å². The van der Waals surface area contributed by atoms with E-state index in [1.807, 2.05) is 43.3 Å². The molecular formula is C15H20N4O. The van der Waals surface area contributed by atoms with E-state index in [2.05, 4.69) is 15.3 Å². The molecule has 1 fully saturated rings. The highest BCUT2D eigenvalue weighted by molar-refractivity contribution is 5.90. The normalized spacial score (nSPS) is 18.4. The van der Waals surface area contributed by atoms with Gasteiger partial charge in [0.15, 0.2) is 0 Å². The third kappa shape index (κ3) is 2.67. The van der Waals surface area contributed by atoms with E-state index in [0.29, 0.717) is 6.10 Å². The Labute approximate surface area is 119 Å². The van der Waals surface area contributed by atoms with E-state index in [1.54, 1.807) is 0 Å². The van der Waals surface area contributed by atoms with Crippen LogP contribution in [0.5, 0.6) is 0 Å². The maximum absolute atomic E-state index is 5.65. The summed E-state index contributed by atoms with van der Waals surface area (Å²) in [4.78, 5) is 11.1. The molecule has 3 rings (SSSR count). The van der Waals surface area contributed by atoms with Crippen LogP contribution in [0.3, 0.4) is 0 Å². The summed E-state index contributed by atoms with van der Waals surface area (Å²) in [5, 5.41) is 4.47. The summed E-state index contributed by atoms with van der Waals surface area (Å²) in [5.74, 6) is 1.60. The minimum absolute atomic E-state index is 0.298. The fraction of sp³-hybridized carbons (Fsp3) is 0.467. The van der Waals surface area contributed by atoms with Crippen LogP contribution in [0.2, 0.25) is 0 Å². The van der Waals surface area contributed by atoms with E-state index in [-0.39, 0.29) is 0 Å². The Morgan fingerprint density at radius 1 is 1.30 bits per heavy atom. The van der Waals surface area contributed by atoms with Gasteiger partial charge in [0.1, 0.15) is 5.82 Å². The van der Waals surface area contributed by atoms with E-state index >= 15 is 0 Å². The summed E-state index contributed by atoms with van der Waals surface area (Å²) < 4.78 is 5.65. The number of fused-ring (bicyclic) bond motifs is 1. The molecule has 1 N–H and O–H groups in total. The van der Waals surface area contributed by atoms with Gasteiger partial charge in [0, 0.05) is 32.6 Å². The second-order valence-corrected chi connectivity index (χ2v) is 5.30. The molecule has 20 heavy (non-hydrogen) atoms. The van der Waals surface area contributed by atoms with Crippen LogP contribution in [0, 0.1) is 0 Å². The lowest BCUT2D eigenvalue weighted by Gasteiger charge is -2.16. The van der Waals surface area contributed by atoms with Gasteiger partial charge in [-0.2, -0.15) is 4.98 Å². The number of benzene rings is 1. The Morgan fingerprint density at radius 2 is 2.15 bits per heavy atom. The average Bonchev–Trinajstić information content (AvgIpc) is 2.97. The largest absolute Gasteiger partial charge is 0.376 e. The molecule has 0 saturated carbocycles. The first-order valence-electron chi connectivity index (χ1n) is 7.03. The predicted molar refractivity (Wildman–Crippen MR) is 81.3 cm³/mol. The molecule has 0 bridgehead atoms. The van der Waals surface area contributed by atoms with Gasteiger partial charge in [0.25, 0.3) is 0 Å². The molecular weight excluding hydrogens is 252 g/mol. The zero-order valence-electron chi connectivity index (χ0n) is 12.0. The van der Waals surface area contributed by atoms with Crippen LogP contribution in [0.4, 0.5) is 11.8 Å². The molecule has 5 nitrogen and oxygen atoms in total. The van der Waals surface area contributed by atoms with Crippen LogP contribution < -0.4 is 10.2 Å². The summed E-state index contributed by atoms with van der Waals surface area (Å²) in [5.41, 5.74) is 0.959. The van der Waals surface area contributed by atoms with Gasteiger partial charge in [0.05, 0.1) is 11.6 Å². The summed E-state index contributed by atoms with van der Waals surface area (Å²) >= 11 is 0. The Bertz CT molecular complexity index is 593. The van der Waals surface area contributed by atoms with Gasteiger partial charge in [-0.1, -0.05) is 12.1 Å². The second kappa shape index (κ2) is 5.63. The average molecular weight is 272 g/mol. The van der Waals surface area contributed by atoms with Gasteiger partial charge in [-0.05, 0) is 25.0 Å². The van der Waals surface area contributed by atoms with Crippen LogP contribution in [0.25, 0.3) is 10.9 Å². The smallest absolute Gasteiger partial charge is 0.227 e. The van der Waals surface area contributed by atoms with Crippen molar-refractivity contribution in [3.63, 3.8) is 0 Å². The molecule has 2 aromatic rings. The van der Waals surface area contributed by atoms with Gasteiger partial charge in [-0.15, -0.1) is 0 Å². The van der Waals surface area contributed by atoms with E-state index in [4.69, 9.17) is 4.74 Å². The number of aromatic nitrogens is 2. The van der Waals surface area contributed by atoms with E-state index in [9.17, 15) is 0 Å². The molecule has 5 heteroatoms. The molecule has 1 aromatic heterocycles. The summed E-state index contributed by atoms with van der Waals surface area (Å²) in [6.07, 6.45) is 2.57. The molecule has 106 valence electrons. The van der Waals surface area contributed by atoms with Gasteiger partial charge in [-0.3, -0.25) is 0 Å². The van der Waals surface area contributed by atoms with Crippen molar-refractivity contribution in [2.45, 2.75) is 18.9 Å². The first-order valence-corrected chi connectivity index (χ1v) is 7.03. The second-order valence-electron chi connectivity index (χ2n) is 5.30. The van der Waals surface area contributed by atoms with Crippen LogP contribution in [0.1, 0.15) is 12.8 Å². The van der Waals surface area contributed by atoms with Crippen molar-refractivity contribution in [1.29, 1.82) is 0 Å². The first-order chi connectivity index (χ1) is 9.74.